The summed E-state index contributed by atoms with van der Waals surface area (Å²) in [5.74, 6) is 0.0866. The summed E-state index contributed by atoms with van der Waals surface area (Å²) in [6.45, 7) is 2.07. The van der Waals surface area contributed by atoms with Crippen molar-refractivity contribution in [3.05, 3.63) is 44.8 Å². The molecule has 0 spiro atoms. The minimum Gasteiger partial charge on any atom is -0.339 e. The van der Waals surface area contributed by atoms with Crippen LogP contribution in [0.1, 0.15) is 47.2 Å². The van der Waals surface area contributed by atoms with Gasteiger partial charge >= 0.3 is 0 Å². The third kappa shape index (κ3) is 2.56. The van der Waals surface area contributed by atoms with Crippen molar-refractivity contribution in [3.8, 4) is 0 Å². The van der Waals surface area contributed by atoms with Gasteiger partial charge in [-0.3, -0.25) is 4.79 Å². The summed E-state index contributed by atoms with van der Waals surface area (Å²) < 4.78 is 3.09. The number of hydrogen-bond donors (Lipinski definition) is 0. The number of thiophene rings is 1. The maximum atomic E-state index is 12.7. The van der Waals surface area contributed by atoms with E-state index in [1.165, 1.54) is 17.7 Å². The highest BCUT2D eigenvalue weighted by Gasteiger charge is 2.30. The van der Waals surface area contributed by atoms with Crippen molar-refractivity contribution in [2.24, 2.45) is 0 Å². The predicted molar refractivity (Wildman–Crippen MR) is 85.2 cm³/mol. The van der Waals surface area contributed by atoms with Crippen molar-refractivity contribution in [2.45, 2.75) is 31.8 Å². The van der Waals surface area contributed by atoms with E-state index in [4.69, 9.17) is 0 Å². The van der Waals surface area contributed by atoms with Crippen LogP contribution in [-0.2, 0) is 0 Å². The minimum atomic E-state index is 0.0866. The number of hydrogen-bond acceptors (Lipinski definition) is 2. The first kappa shape index (κ1) is 13.9. The summed E-state index contributed by atoms with van der Waals surface area (Å²) in [6, 6.07) is 6.64. The molecule has 1 unspecified atom stereocenters. The molecule has 2 aromatic heterocycles. The Morgan fingerprint density at radius 3 is 2.90 bits per heavy atom. The molecule has 0 bridgehead atoms. The van der Waals surface area contributed by atoms with Crippen LogP contribution in [-0.4, -0.2) is 22.4 Å². The van der Waals surface area contributed by atoms with E-state index >= 15 is 0 Å². The van der Waals surface area contributed by atoms with Gasteiger partial charge in [0, 0.05) is 28.6 Å². The van der Waals surface area contributed by atoms with Crippen molar-refractivity contribution < 1.29 is 4.79 Å². The van der Waals surface area contributed by atoms with E-state index in [2.05, 4.69) is 33.5 Å². The summed E-state index contributed by atoms with van der Waals surface area (Å²) in [5.41, 5.74) is 0.783. The molecule has 2 heterocycles. The minimum absolute atomic E-state index is 0.0866. The molecule has 2 aromatic rings. The lowest BCUT2D eigenvalue weighted by atomic mass is 10.2. The average Bonchev–Trinajstić information content (AvgIpc) is 2.99. The predicted octanol–water partition coefficient (Wildman–Crippen LogP) is 4.48. The number of nitrogens with zero attached hydrogens (tertiary/aromatic N) is 2. The average molecular weight is 353 g/mol. The maximum Gasteiger partial charge on any atom is 0.270 e. The zero-order chi connectivity index (χ0) is 14.3. The van der Waals surface area contributed by atoms with E-state index in [0.717, 1.165) is 10.2 Å². The molecule has 0 radical (unpaired) electrons. The second-order valence-corrected chi connectivity index (χ2v) is 7.18. The van der Waals surface area contributed by atoms with Gasteiger partial charge in [0.1, 0.15) is 5.69 Å². The topological polar surface area (TPSA) is 25.2 Å². The number of rotatable bonds is 4. The zero-order valence-electron chi connectivity index (χ0n) is 11.5. The fourth-order valence-corrected chi connectivity index (χ4v) is 3.61. The monoisotopic (exact) mass is 352 g/mol. The van der Waals surface area contributed by atoms with Crippen LogP contribution in [0.2, 0.25) is 0 Å². The molecule has 0 saturated heterocycles. The van der Waals surface area contributed by atoms with Crippen LogP contribution in [0, 0.1) is 0 Å². The Bertz CT molecular complexity index is 616. The Morgan fingerprint density at radius 2 is 2.30 bits per heavy atom. The normalized spacial score (nSPS) is 16.1. The van der Waals surface area contributed by atoms with E-state index in [9.17, 15) is 4.79 Å². The Labute approximate surface area is 131 Å². The standard InChI is InChI=1S/C15H17BrN2OS/c1-10(14-4-3-7-20-14)17(2)15(19)13-8-11(16)9-18(13)12-5-6-12/h3-4,7-10,12H,5-6H2,1-2H3. The number of carbonyl (C=O) groups excluding carboxylic acids is 1. The molecule has 0 aliphatic heterocycles. The van der Waals surface area contributed by atoms with E-state index in [0.29, 0.717) is 6.04 Å². The molecule has 20 heavy (non-hydrogen) atoms. The second-order valence-electron chi connectivity index (χ2n) is 5.29. The molecular formula is C15H17BrN2OS. The van der Waals surface area contributed by atoms with Crippen LogP contribution < -0.4 is 0 Å². The molecule has 106 valence electrons. The smallest absolute Gasteiger partial charge is 0.270 e. The van der Waals surface area contributed by atoms with Gasteiger partial charge in [-0.15, -0.1) is 11.3 Å². The first-order chi connectivity index (χ1) is 9.58. The van der Waals surface area contributed by atoms with Crippen molar-refractivity contribution in [1.82, 2.24) is 9.47 Å². The van der Waals surface area contributed by atoms with Gasteiger partial charge in [0.05, 0.1) is 6.04 Å². The molecule has 3 nitrogen and oxygen atoms in total. The highest BCUT2D eigenvalue weighted by molar-refractivity contribution is 9.10. The molecular weight excluding hydrogens is 336 g/mol. The van der Waals surface area contributed by atoms with Gasteiger partial charge in [-0.25, -0.2) is 0 Å². The third-order valence-corrected chi connectivity index (χ3v) is 5.31. The number of amides is 1. The van der Waals surface area contributed by atoms with Gasteiger partial charge in [0.2, 0.25) is 0 Å². The van der Waals surface area contributed by atoms with Gasteiger partial charge in [-0.1, -0.05) is 6.07 Å². The largest absolute Gasteiger partial charge is 0.339 e. The van der Waals surface area contributed by atoms with Gasteiger partial charge in [0.15, 0.2) is 0 Å². The van der Waals surface area contributed by atoms with E-state index in [1.54, 1.807) is 11.3 Å². The fraction of sp³-hybridized carbons (Fsp3) is 0.400. The second kappa shape index (κ2) is 5.37. The van der Waals surface area contributed by atoms with Crippen LogP contribution >= 0.6 is 27.3 Å². The van der Waals surface area contributed by atoms with Gasteiger partial charge in [-0.05, 0) is 53.2 Å². The lowest BCUT2D eigenvalue weighted by Gasteiger charge is -2.24. The van der Waals surface area contributed by atoms with E-state index < -0.39 is 0 Å². The van der Waals surface area contributed by atoms with Crippen molar-refractivity contribution >= 4 is 33.2 Å². The number of aromatic nitrogens is 1. The Kier molecular flexibility index (Phi) is 3.73. The quantitative estimate of drug-likeness (QED) is 0.796. The summed E-state index contributed by atoms with van der Waals surface area (Å²) >= 11 is 5.17. The first-order valence-electron chi connectivity index (χ1n) is 6.76. The van der Waals surface area contributed by atoms with Gasteiger partial charge in [-0.2, -0.15) is 0 Å². The molecule has 1 saturated carbocycles. The van der Waals surface area contributed by atoms with Crippen LogP contribution in [0.4, 0.5) is 0 Å². The van der Waals surface area contributed by atoms with Crippen LogP contribution in [0.25, 0.3) is 0 Å². The highest BCUT2D eigenvalue weighted by Crippen LogP contribution is 2.38. The Morgan fingerprint density at radius 1 is 1.55 bits per heavy atom. The highest BCUT2D eigenvalue weighted by atomic mass is 79.9. The zero-order valence-corrected chi connectivity index (χ0v) is 13.9. The molecule has 1 aliphatic rings. The molecule has 1 amide bonds. The Hall–Kier alpha value is -1.07. The lowest BCUT2D eigenvalue weighted by Crippen LogP contribution is -2.30. The molecule has 1 aliphatic carbocycles. The maximum absolute atomic E-state index is 12.7. The Balaban J connectivity index is 1.85. The summed E-state index contributed by atoms with van der Waals surface area (Å²) in [6.07, 6.45) is 4.37. The van der Waals surface area contributed by atoms with E-state index in [-0.39, 0.29) is 11.9 Å². The molecule has 1 fully saturated rings. The van der Waals surface area contributed by atoms with Crippen molar-refractivity contribution in [3.63, 3.8) is 0 Å². The number of carbonyl (C=O) groups is 1. The SMILES string of the molecule is CC(c1cccs1)N(C)C(=O)c1cc(Br)cn1C1CC1. The molecule has 5 heteroatoms. The number of halogens is 1. The van der Waals surface area contributed by atoms with Gasteiger partial charge in [0.25, 0.3) is 5.91 Å². The summed E-state index contributed by atoms with van der Waals surface area (Å²) in [7, 11) is 1.88. The molecule has 0 N–H and O–H groups in total. The summed E-state index contributed by atoms with van der Waals surface area (Å²) in [4.78, 5) is 15.8. The van der Waals surface area contributed by atoms with Crippen molar-refractivity contribution in [1.29, 1.82) is 0 Å². The first-order valence-corrected chi connectivity index (χ1v) is 8.43. The lowest BCUT2D eigenvalue weighted by molar-refractivity contribution is 0.0734. The van der Waals surface area contributed by atoms with Crippen molar-refractivity contribution in [2.75, 3.05) is 7.05 Å². The van der Waals surface area contributed by atoms with Crippen LogP contribution in [0.3, 0.4) is 0 Å². The van der Waals surface area contributed by atoms with E-state index in [1.807, 2.05) is 35.7 Å². The third-order valence-electron chi connectivity index (χ3n) is 3.83. The van der Waals surface area contributed by atoms with Crippen LogP contribution in [0.15, 0.2) is 34.2 Å². The molecule has 3 rings (SSSR count). The summed E-state index contributed by atoms with van der Waals surface area (Å²) in [5, 5.41) is 2.05. The fourth-order valence-electron chi connectivity index (χ4n) is 2.35. The molecule has 0 aromatic carbocycles. The molecule has 1 atom stereocenters. The van der Waals surface area contributed by atoms with Gasteiger partial charge < -0.3 is 9.47 Å². The van der Waals surface area contributed by atoms with Crippen LogP contribution in [0.5, 0.6) is 0 Å².